The molecule has 0 amide bonds. The van der Waals surface area contributed by atoms with Gasteiger partial charge in [-0.3, -0.25) is 0 Å². The van der Waals surface area contributed by atoms with Crippen LogP contribution < -0.4 is 0 Å². The first-order chi connectivity index (χ1) is 7.30. The summed E-state index contributed by atoms with van der Waals surface area (Å²) >= 11 is 0. The van der Waals surface area contributed by atoms with Crippen molar-refractivity contribution in [2.24, 2.45) is 0 Å². The molecule has 0 aromatic rings. The minimum atomic E-state index is -10.7. The van der Waals surface area contributed by atoms with E-state index in [1.807, 2.05) is 0 Å². The fraction of sp³-hybridized carbons (Fsp3) is 1.00. The molecule has 0 aliphatic rings. The molecule has 0 heterocycles. The Balaban J connectivity index is 0. The van der Waals surface area contributed by atoms with Gasteiger partial charge in [0.05, 0.1) is 0 Å². The molecule has 0 fully saturated rings. The van der Waals surface area contributed by atoms with Gasteiger partial charge in [-0.05, 0) is 38.9 Å². The molecular weight excluding hydrogens is 267 g/mol. The van der Waals surface area contributed by atoms with E-state index in [4.69, 9.17) is 0 Å². The molecule has 0 atom stereocenters. The second-order valence-electron chi connectivity index (χ2n) is 3.80. The van der Waals surface area contributed by atoms with Crippen LogP contribution in [-0.2, 0) is 0 Å². The molecule has 0 spiro atoms. The Morgan fingerprint density at radius 1 is 0.647 bits per heavy atom. The SMILES string of the molecule is CCCN(CCC)CCC.F[P-](F)(F)(F)(F)F. The third-order valence-electron chi connectivity index (χ3n) is 1.62. The molecule has 0 aromatic carbocycles. The maximum absolute atomic E-state index is 10.7. The zero-order chi connectivity index (χ0) is 14.2. The second-order valence-corrected chi connectivity index (χ2v) is 5.72. The van der Waals surface area contributed by atoms with Crippen LogP contribution in [0.15, 0.2) is 0 Å². The van der Waals surface area contributed by atoms with Crippen LogP contribution in [0.1, 0.15) is 40.0 Å². The van der Waals surface area contributed by atoms with E-state index in [9.17, 15) is 25.2 Å². The van der Waals surface area contributed by atoms with Gasteiger partial charge in [0.2, 0.25) is 0 Å². The summed E-state index contributed by atoms with van der Waals surface area (Å²) < 4.78 is 59.2. The van der Waals surface area contributed by atoms with E-state index in [0.717, 1.165) is 0 Å². The predicted molar refractivity (Wildman–Crippen MR) is 60.9 cm³/mol. The van der Waals surface area contributed by atoms with Gasteiger partial charge in [-0.2, -0.15) is 0 Å². The van der Waals surface area contributed by atoms with Crippen molar-refractivity contribution in [3.8, 4) is 0 Å². The van der Waals surface area contributed by atoms with Crippen LogP contribution in [0.2, 0.25) is 0 Å². The third kappa shape index (κ3) is 38.7. The van der Waals surface area contributed by atoms with Gasteiger partial charge < -0.3 is 4.90 Å². The van der Waals surface area contributed by atoms with Crippen LogP contribution in [0.5, 0.6) is 0 Å². The molecule has 0 unspecified atom stereocenters. The molecule has 0 aliphatic carbocycles. The number of nitrogens with zero attached hydrogens (tertiary/aromatic N) is 1. The Kier molecular flexibility index (Phi) is 7.08. The average molecular weight is 288 g/mol. The zero-order valence-electron chi connectivity index (χ0n) is 10.4. The molecule has 0 saturated carbocycles. The molecule has 0 aliphatic heterocycles. The van der Waals surface area contributed by atoms with Crippen molar-refractivity contribution >= 4 is 7.81 Å². The van der Waals surface area contributed by atoms with Gasteiger partial charge in [0.1, 0.15) is 0 Å². The summed E-state index contributed by atoms with van der Waals surface area (Å²) in [4.78, 5) is 2.54. The summed E-state index contributed by atoms with van der Waals surface area (Å²) in [6.45, 7) is 10.6. The summed E-state index contributed by atoms with van der Waals surface area (Å²) in [7, 11) is -10.7. The van der Waals surface area contributed by atoms with Gasteiger partial charge in [0, 0.05) is 0 Å². The molecule has 8 heteroatoms. The molecule has 0 rings (SSSR count). The summed E-state index contributed by atoms with van der Waals surface area (Å²) in [6, 6.07) is 0. The van der Waals surface area contributed by atoms with Crippen LogP contribution in [0.4, 0.5) is 25.2 Å². The van der Waals surface area contributed by atoms with E-state index in [-0.39, 0.29) is 0 Å². The first-order valence-corrected chi connectivity index (χ1v) is 7.61. The quantitative estimate of drug-likeness (QED) is 0.434. The second kappa shape index (κ2) is 6.23. The van der Waals surface area contributed by atoms with Gasteiger partial charge >= 0.3 is 33.0 Å². The van der Waals surface area contributed by atoms with Gasteiger partial charge in [-0.15, -0.1) is 0 Å². The maximum atomic E-state index is 9.87. The summed E-state index contributed by atoms with van der Waals surface area (Å²) in [5.74, 6) is 0. The molecule has 1 nitrogen and oxygen atoms in total. The van der Waals surface area contributed by atoms with Gasteiger partial charge in [-0.1, -0.05) is 20.8 Å². The van der Waals surface area contributed by atoms with Gasteiger partial charge in [0.15, 0.2) is 0 Å². The molecule has 17 heavy (non-hydrogen) atoms. The van der Waals surface area contributed by atoms with Crippen LogP contribution in [-0.4, -0.2) is 24.5 Å². The molecule has 0 aromatic heterocycles. The van der Waals surface area contributed by atoms with Gasteiger partial charge in [-0.25, -0.2) is 0 Å². The van der Waals surface area contributed by atoms with Crippen LogP contribution in [0.3, 0.4) is 0 Å². The Labute approximate surface area is 98.4 Å². The van der Waals surface area contributed by atoms with E-state index in [1.165, 1.54) is 38.9 Å². The average Bonchev–Trinajstić information content (AvgIpc) is 1.99. The molecule has 0 N–H and O–H groups in total. The topological polar surface area (TPSA) is 3.24 Å². The van der Waals surface area contributed by atoms with Crippen molar-refractivity contribution in [1.82, 2.24) is 4.90 Å². The van der Waals surface area contributed by atoms with Crippen molar-refractivity contribution in [2.45, 2.75) is 40.0 Å². The Hall–Kier alpha value is -0.0300. The summed E-state index contributed by atoms with van der Waals surface area (Å²) in [5, 5.41) is 0. The fourth-order valence-electron chi connectivity index (χ4n) is 1.28. The number of rotatable bonds is 6. The number of hydrogen-bond acceptors (Lipinski definition) is 1. The number of hydrogen-bond donors (Lipinski definition) is 0. The van der Waals surface area contributed by atoms with E-state index >= 15 is 0 Å². The first-order valence-electron chi connectivity index (χ1n) is 5.58. The Morgan fingerprint density at radius 3 is 0.941 bits per heavy atom. The molecule has 0 saturated heterocycles. The van der Waals surface area contributed by atoms with E-state index in [2.05, 4.69) is 25.7 Å². The summed E-state index contributed by atoms with van der Waals surface area (Å²) in [6.07, 6.45) is 3.88. The minimum absolute atomic E-state index is 1.28. The Morgan fingerprint density at radius 2 is 0.824 bits per heavy atom. The van der Waals surface area contributed by atoms with Crippen LogP contribution in [0, 0.1) is 0 Å². The van der Waals surface area contributed by atoms with Crippen molar-refractivity contribution in [1.29, 1.82) is 0 Å². The van der Waals surface area contributed by atoms with Crippen molar-refractivity contribution in [2.75, 3.05) is 19.6 Å². The van der Waals surface area contributed by atoms with Gasteiger partial charge in [0.25, 0.3) is 0 Å². The monoisotopic (exact) mass is 288 g/mol. The third-order valence-corrected chi connectivity index (χ3v) is 1.62. The van der Waals surface area contributed by atoms with E-state index in [0.29, 0.717) is 0 Å². The normalized spacial score (nSPS) is 15.9. The number of halogens is 6. The van der Waals surface area contributed by atoms with E-state index < -0.39 is 7.81 Å². The van der Waals surface area contributed by atoms with Crippen LogP contribution >= 0.6 is 7.81 Å². The van der Waals surface area contributed by atoms with E-state index in [1.54, 1.807) is 0 Å². The molecular formula is C9H21F6NP-. The standard InChI is InChI=1S/C9H21N.F6P/c1-4-7-10(8-5-2)9-6-3;1-7(2,3,4,5)6/h4-9H2,1-3H3;/q;-1. The zero-order valence-corrected chi connectivity index (χ0v) is 11.3. The molecule has 110 valence electrons. The predicted octanol–water partition coefficient (Wildman–Crippen LogP) is 5.90. The summed E-state index contributed by atoms with van der Waals surface area (Å²) in [5.41, 5.74) is 0. The van der Waals surface area contributed by atoms with Crippen molar-refractivity contribution < 1.29 is 25.2 Å². The molecule has 0 bridgehead atoms. The fourth-order valence-corrected chi connectivity index (χ4v) is 1.28. The van der Waals surface area contributed by atoms with Crippen molar-refractivity contribution in [3.05, 3.63) is 0 Å². The van der Waals surface area contributed by atoms with Crippen molar-refractivity contribution in [3.63, 3.8) is 0 Å². The first kappa shape index (κ1) is 19.3. The Bertz CT molecular complexity index is 173. The van der Waals surface area contributed by atoms with Crippen LogP contribution in [0.25, 0.3) is 0 Å². The molecule has 0 radical (unpaired) electrons.